The molecule has 0 radical (unpaired) electrons. The number of aliphatic carboxylic acids is 1. The molecule has 0 aliphatic rings. The predicted molar refractivity (Wildman–Crippen MR) is 76.3 cm³/mol. The van der Waals surface area contributed by atoms with Crippen LogP contribution in [0.25, 0.3) is 10.9 Å². The minimum absolute atomic E-state index is 0.249. The number of aromatic nitrogens is 1. The number of aromatic amines is 1. The minimum atomic E-state index is -0.884. The number of aryl methyl sites for hydroxylation is 1. The Kier molecular flexibility index (Phi) is 3.37. The molecular formula is C15H20N2O2. The first-order valence-corrected chi connectivity index (χ1v) is 6.37. The van der Waals surface area contributed by atoms with Crippen molar-refractivity contribution in [3.05, 3.63) is 35.5 Å². The molecule has 2 aromatic rings. The van der Waals surface area contributed by atoms with Crippen LogP contribution in [0.15, 0.2) is 24.3 Å². The molecule has 0 aliphatic heterocycles. The van der Waals surface area contributed by atoms with Crippen molar-refractivity contribution >= 4 is 16.9 Å². The Bertz CT molecular complexity index is 614. The van der Waals surface area contributed by atoms with Crippen molar-refractivity contribution in [3.8, 4) is 0 Å². The van der Waals surface area contributed by atoms with Crippen LogP contribution >= 0.6 is 0 Å². The fraction of sp³-hybridized carbons (Fsp3) is 0.400. The van der Waals surface area contributed by atoms with Gasteiger partial charge < -0.3 is 15.4 Å². The average Bonchev–Trinajstić information content (AvgIpc) is 2.67. The zero-order chi connectivity index (χ0) is 14.2. The Balaban J connectivity index is 2.65. The van der Waals surface area contributed by atoms with Gasteiger partial charge in [-0.3, -0.25) is 4.79 Å². The third-order valence-corrected chi connectivity index (χ3v) is 3.79. The molecule has 0 spiro atoms. The van der Waals surface area contributed by atoms with Crippen molar-refractivity contribution in [3.63, 3.8) is 0 Å². The zero-order valence-corrected chi connectivity index (χ0v) is 11.7. The molecule has 0 saturated heterocycles. The number of nitrogens with one attached hydrogen (secondary N) is 2. The molecular weight excluding hydrogens is 240 g/mol. The average molecular weight is 260 g/mol. The monoisotopic (exact) mass is 260 g/mol. The van der Waals surface area contributed by atoms with Gasteiger partial charge in [-0.2, -0.15) is 0 Å². The van der Waals surface area contributed by atoms with Crippen LogP contribution in [0.3, 0.4) is 0 Å². The summed E-state index contributed by atoms with van der Waals surface area (Å²) in [6.45, 7) is 5.48. The third-order valence-electron chi connectivity index (χ3n) is 3.79. The number of fused-ring (bicyclic) bond motifs is 1. The SMILES string of the molecule is CNC(c1c(C)[nH]c2ccccc12)C(C)(C)C(=O)O. The van der Waals surface area contributed by atoms with Crippen LogP contribution < -0.4 is 5.32 Å². The number of rotatable bonds is 4. The predicted octanol–water partition coefficient (Wildman–Crippen LogP) is 2.85. The van der Waals surface area contributed by atoms with Crippen LogP contribution in [-0.4, -0.2) is 23.1 Å². The standard InChI is InChI=1S/C15H20N2O2/c1-9-12(10-7-5-6-8-11(10)17-9)13(16-4)15(2,3)14(18)19/h5-8,13,16-17H,1-4H3,(H,18,19). The van der Waals surface area contributed by atoms with Gasteiger partial charge in [-0.15, -0.1) is 0 Å². The lowest BCUT2D eigenvalue weighted by Gasteiger charge is -2.30. The Labute approximate surface area is 112 Å². The largest absolute Gasteiger partial charge is 0.481 e. The Hall–Kier alpha value is -1.81. The molecule has 3 N–H and O–H groups in total. The quantitative estimate of drug-likeness (QED) is 0.792. The number of para-hydroxylation sites is 1. The molecule has 19 heavy (non-hydrogen) atoms. The van der Waals surface area contributed by atoms with Gasteiger partial charge in [0.15, 0.2) is 0 Å². The fourth-order valence-corrected chi connectivity index (χ4v) is 2.66. The summed E-state index contributed by atoms with van der Waals surface area (Å²) in [5, 5.41) is 13.7. The van der Waals surface area contributed by atoms with Gasteiger partial charge in [-0.1, -0.05) is 18.2 Å². The Morgan fingerprint density at radius 2 is 2.00 bits per heavy atom. The van der Waals surface area contributed by atoms with Gasteiger partial charge in [0, 0.05) is 22.6 Å². The number of carboxylic acids is 1. The van der Waals surface area contributed by atoms with Gasteiger partial charge in [-0.05, 0) is 39.4 Å². The maximum absolute atomic E-state index is 11.5. The molecule has 4 heteroatoms. The topological polar surface area (TPSA) is 65.1 Å². The van der Waals surface area contributed by atoms with E-state index in [1.807, 2.05) is 31.2 Å². The first kappa shape index (κ1) is 13.6. The first-order chi connectivity index (χ1) is 8.89. The van der Waals surface area contributed by atoms with Crippen LogP contribution in [0.2, 0.25) is 0 Å². The fourth-order valence-electron chi connectivity index (χ4n) is 2.66. The summed E-state index contributed by atoms with van der Waals surface area (Å²) in [7, 11) is 1.80. The highest BCUT2D eigenvalue weighted by Gasteiger charge is 2.38. The molecule has 0 aliphatic carbocycles. The molecule has 1 heterocycles. The summed E-state index contributed by atoms with van der Waals surface area (Å²) >= 11 is 0. The van der Waals surface area contributed by atoms with E-state index in [1.54, 1.807) is 20.9 Å². The van der Waals surface area contributed by atoms with Gasteiger partial charge in [0.2, 0.25) is 0 Å². The number of carbonyl (C=O) groups is 1. The van der Waals surface area contributed by atoms with Crippen molar-refractivity contribution < 1.29 is 9.90 Å². The lowest BCUT2D eigenvalue weighted by atomic mass is 9.79. The molecule has 0 amide bonds. The molecule has 0 fully saturated rings. The molecule has 0 bridgehead atoms. The van der Waals surface area contributed by atoms with E-state index in [-0.39, 0.29) is 6.04 Å². The smallest absolute Gasteiger partial charge is 0.311 e. The third kappa shape index (κ3) is 2.12. The minimum Gasteiger partial charge on any atom is -0.481 e. The lowest BCUT2D eigenvalue weighted by molar-refractivity contribution is -0.148. The maximum atomic E-state index is 11.5. The molecule has 1 atom stereocenters. The maximum Gasteiger partial charge on any atom is 0.311 e. The van der Waals surface area contributed by atoms with Gasteiger partial charge >= 0.3 is 5.97 Å². The second-order valence-corrected chi connectivity index (χ2v) is 5.46. The van der Waals surface area contributed by atoms with Crippen molar-refractivity contribution in [2.45, 2.75) is 26.8 Å². The highest BCUT2D eigenvalue weighted by atomic mass is 16.4. The molecule has 1 aromatic heterocycles. The van der Waals surface area contributed by atoms with Crippen LogP contribution in [0.4, 0.5) is 0 Å². The van der Waals surface area contributed by atoms with E-state index >= 15 is 0 Å². The molecule has 2 rings (SSSR count). The molecule has 1 aromatic carbocycles. The first-order valence-electron chi connectivity index (χ1n) is 6.37. The number of carboxylic acid groups (broad SMARTS) is 1. The van der Waals surface area contributed by atoms with Crippen LogP contribution in [0.5, 0.6) is 0 Å². The number of benzene rings is 1. The van der Waals surface area contributed by atoms with E-state index in [9.17, 15) is 9.90 Å². The number of hydrogen-bond acceptors (Lipinski definition) is 2. The molecule has 102 valence electrons. The summed E-state index contributed by atoms with van der Waals surface area (Å²) in [6, 6.07) is 7.72. The van der Waals surface area contributed by atoms with Crippen molar-refractivity contribution in [1.82, 2.24) is 10.3 Å². The lowest BCUT2D eigenvalue weighted by Crippen LogP contribution is -2.38. The normalized spacial score (nSPS) is 13.7. The van der Waals surface area contributed by atoms with Crippen LogP contribution in [0, 0.1) is 12.3 Å². The number of H-pyrrole nitrogens is 1. The highest BCUT2D eigenvalue weighted by molar-refractivity contribution is 5.86. The number of hydrogen-bond donors (Lipinski definition) is 3. The van der Waals surface area contributed by atoms with E-state index in [0.29, 0.717) is 0 Å². The van der Waals surface area contributed by atoms with Crippen LogP contribution in [-0.2, 0) is 4.79 Å². The summed E-state index contributed by atoms with van der Waals surface area (Å²) in [6.07, 6.45) is 0. The second-order valence-electron chi connectivity index (χ2n) is 5.46. The van der Waals surface area contributed by atoms with E-state index in [2.05, 4.69) is 10.3 Å². The molecule has 4 nitrogen and oxygen atoms in total. The van der Waals surface area contributed by atoms with E-state index < -0.39 is 11.4 Å². The highest BCUT2D eigenvalue weighted by Crippen LogP contribution is 2.38. The van der Waals surface area contributed by atoms with Gasteiger partial charge in [0.1, 0.15) is 0 Å². The molecule has 0 saturated carbocycles. The van der Waals surface area contributed by atoms with Crippen LogP contribution in [0.1, 0.15) is 31.1 Å². The zero-order valence-electron chi connectivity index (χ0n) is 11.7. The summed E-state index contributed by atoms with van der Waals surface area (Å²) in [5.74, 6) is -0.809. The van der Waals surface area contributed by atoms with Gasteiger partial charge in [0.25, 0.3) is 0 Å². The van der Waals surface area contributed by atoms with Crippen molar-refractivity contribution in [2.24, 2.45) is 5.41 Å². The summed E-state index contributed by atoms with van der Waals surface area (Å²) in [5.41, 5.74) is 2.20. The van der Waals surface area contributed by atoms with Crippen molar-refractivity contribution in [1.29, 1.82) is 0 Å². The Morgan fingerprint density at radius 1 is 1.37 bits per heavy atom. The van der Waals surface area contributed by atoms with Crippen molar-refractivity contribution in [2.75, 3.05) is 7.05 Å². The van der Waals surface area contributed by atoms with Gasteiger partial charge in [-0.25, -0.2) is 0 Å². The summed E-state index contributed by atoms with van der Waals surface area (Å²) in [4.78, 5) is 14.8. The van der Waals surface area contributed by atoms with Gasteiger partial charge in [0.05, 0.1) is 5.41 Å². The van der Waals surface area contributed by atoms with E-state index in [1.165, 1.54) is 0 Å². The second kappa shape index (κ2) is 4.70. The van der Waals surface area contributed by atoms with E-state index in [4.69, 9.17) is 0 Å². The molecule has 1 unspecified atom stereocenters. The Morgan fingerprint density at radius 3 is 2.58 bits per heavy atom. The summed E-state index contributed by atoms with van der Waals surface area (Å²) < 4.78 is 0. The van der Waals surface area contributed by atoms with E-state index in [0.717, 1.165) is 22.2 Å².